The van der Waals surface area contributed by atoms with Crippen molar-refractivity contribution in [2.75, 3.05) is 20.3 Å². The largest absolute Gasteiger partial charge is 0.381 e. The minimum atomic E-state index is -0.239. The van der Waals surface area contributed by atoms with Crippen molar-refractivity contribution in [2.45, 2.75) is 51.7 Å². The van der Waals surface area contributed by atoms with Gasteiger partial charge in [-0.25, -0.2) is 0 Å². The van der Waals surface area contributed by atoms with E-state index in [1.54, 1.807) is 7.11 Å². The fraction of sp³-hybridized carbons (Fsp3) is 0.647. The lowest BCUT2D eigenvalue weighted by molar-refractivity contribution is -0.110. The van der Waals surface area contributed by atoms with E-state index in [2.05, 4.69) is 38.3 Å². The third-order valence-electron chi connectivity index (χ3n) is 4.83. The number of aryl methyl sites for hydroxylation is 3. The highest BCUT2D eigenvalue weighted by Gasteiger charge is 2.40. The van der Waals surface area contributed by atoms with Crippen LogP contribution in [0.3, 0.4) is 0 Å². The van der Waals surface area contributed by atoms with E-state index in [1.807, 2.05) is 0 Å². The SMILES string of the molecule is COC1(C(Cc2c(C)cc(C)cc2C)NN)CCOCC1. The summed E-state index contributed by atoms with van der Waals surface area (Å²) in [5, 5.41) is 0. The summed E-state index contributed by atoms with van der Waals surface area (Å²) in [6.07, 6.45) is 2.63. The molecule has 0 aliphatic carbocycles. The monoisotopic (exact) mass is 292 g/mol. The van der Waals surface area contributed by atoms with Crippen LogP contribution in [0.15, 0.2) is 12.1 Å². The normalized spacial score (nSPS) is 19.5. The summed E-state index contributed by atoms with van der Waals surface area (Å²) in [5.41, 5.74) is 8.08. The second-order valence-electron chi connectivity index (χ2n) is 6.18. The van der Waals surface area contributed by atoms with E-state index >= 15 is 0 Å². The van der Waals surface area contributed by atoms with Crippen LogP contribution in [0.25, 0.3) is 0 Å². The molecule has 1 aromatic rings. The molecule has 1 aromatic carbocycles. The van der Waals surface area contributed by atoms with E-state index < -0.39 is 0 Å². The van der Waals surface area contributed by atoms with Gasteiger partial charge in [-0.1, -0.05) is 17.7 Å². The zero-order chi connectivity index (χ0) is 15.5. The molecule has 118 valence electrons. The summed E-state index contributed by atoms with van der Waals surface area (Å²) in [6.45, 7) is 7.95. The van der Waals surface area contributed by atoms with Crippen molar-refractivity contribution < 1.29 is 9.47 Å². The Morgan fingerprint density at radius 3 is 2.29 bits per heavy atom. The Morgan fingerprint density at radius 2 is 1.81 bits per heavy atom. The number of hydrazine groups is 1. The van der Waals surface area contributed by atoms with Crippen molar-refractivity contribution in [1.82, 2.24) is 5.43 Å². The first kappa shape index (κ1) is 16.4. The average Bonchev–Trinajstić information content (AvgIpc) is 2.47. The van der Waals surface area contributed by atoms with Gasteiger partial charge >= 0.3 is 0 Å². The lowest BCUT2D eigenvalue weighted by atomic mass is 9.81. The molecule has 4 heteroatoms. The molecule has 1 atom stereocenters. The maximum Gasteiger partial charge on any atom is 0.0891 e. The first-order valence-electron chi connectivity index (χ1n) is 7.68. The first-order chi connectivity index (χ1) is 10.0. The van der Waals surface area contributed by atoms with E-state index in [4.69, 9.17) is 15.3 Å². The van der Waals surface area contributed by atoms with E-state index in [-0.39, 0.29) is 11.6 Å². The number of nitrogens with two attached hydrogens (primary N) is 1. The van der Waals surface area contributed by atoms with Crippen LogP contribution in [-0.4, -0.2) is 32.0 Å². The Balaban J connectivity index is 2.26. The summed E-state index contributed by atoms with van der Waals surface area (Å²) in [6, 6.07) is 4.56. The summed E-state index contributed by atoms with van der Waals surface area (Å²) >= 11 is 0. The number of hydrogen-bond acceptors (Lipinski definition) is 4. The molecular weight excluding hydrogens is 264 g/mol. The Labute approximate surface area is 128 Å². The predicted molar refractivity (Wildman–Crippen MR) is 85.3 cm³/mol. The molecule has 4 nitrogen and oxygen atoms in total. The molecule has 1 unspecified atom stereocenters. The fourth-order valence-electron chi connectivity index (χ4n) is 3.54. The van der Waals surface area contributed by atoms with Gasteiger partial charge in [0.05, 0.1) is 11.6 Å². The van der Waals surface area contributed by atoms with Crippen molar-refractivity contribution >= 4 is 0 Å². The molecule has 1 heterocycles. The number of methoxy groups -OCH3 is 1. The van der Waals surface area contributed by atoms with Crippen LogP contribution in [0.4, 0.5) is 0 Å². The first-order valence-corrected chi connectivity index (χ1v) is 7.68. The van der Waals surface area contributed by atoms with Crippen molar-refractivity contribution in [1.29, 1.82) is 0 Å². The standard InChI is InChI=1S/C17H28N2O2/c1-12-9-13(2)15(14(3)10-12)11-16(19-18)17(20-4)5-7-21-8-6-17/h9-10,16,19H,5-8,11,18H2,1-4H3. The molecule has 0 saturated carbocycles. The summed E-state index contributed by atoms with van der Waals surface area (Å²) in [5.74, 6) is 5.87. The topological polar surface area (TPSA) is 56.5 Å². The van der Waals surface area contributed by atoms with Gasteiger partial charge in [0.15, 0.2) is 0 Å². The van der Waals surface area contributed by atoms with Gasteiger partial charge in [-0.05, 0) is 43.9 Å². The smallest absolute Gasteiger partial charge is 0.0891 e. The minimum Gasteiger partial charge on any atom is -0.381 e. The fourth-order valence-corrected chi connectivity index (χ4v) is 3.54. The van der Waals surface area contributed by atoms with Crippen LogP contribution < -0.4 is 11.3 Å². The van der Waals surface area contributed by atoms with Crippen molar-refractivity contribution in [3.8, 4) is 0 Å². The van der Waals surface area contributed by atoms with Gasteiger partial charge in [-0.15, -0.1) is 0 Å². The highest BCUT2D eigenvalue weighted by molar-refractivity contribution is 5.38. The van der Waals surface area contributed by atoms with Gasteiger partial charge in [0.25, 0.3) is 0 Å². The molecule has 0 radical (unpaired) electrons. The molecule has 0 amide bonds. The Hall–Kier alpha value is -0.940. The number of rotatable bonds is 5. The van der Waals surface area contributed by atoms with Crippen LogP contribution in [0.5, 0.6) is 0 Å². The Kier molecular flexibility index (Phi) is 5.38. The van der Waals surface area contributed by atoms with Crippen LogP contribution in [0, 0.1) is 20.8 Å². The van der Waals surface area contributed by atoms with E-state index in [0.717, 1.165) is 32.5 Å². The van der Waals surface area contributed by atoms with Crippen molar-refractivity contribution in [3.63, 3.8) is 0 Å². The molecule has 21 heavy (non-hydrogen) atoms. The van der Waals surface area contributed by atoms with Gasteiger partial charge in [0, 0.05) is 33.2 Å². The molecular formula is C17H28N2O2. The lowest BCUT2D eigenvalue weighted by Gasteiger charge is -2.42. The zero-order valence-electron chi connectivity index (χ0n) is 13.7. The van der Waals surface area contributed by atoms with Crippen LogP contribution in [0.2, 0.25) is 0 Å². The highest BCUT2D eigenvalue weighted by atomic mass is 16.5. The Bertz CT molecular complexity index is 459. The van der Waals surface area contributed by atoms with Gasteiger partial charge in [0.2, 0.25) is 0 Å². The second kappa shape index (κ2) is 6.88. The second-order valence-corrected chi connectivity index (χ2v) is 6.18. The Morgan fingerprint density at radius 1 is 1.24 bits per heavy atom. The van der Waals surface area contributed by atoms with E-state index in [9.17, 15) is 0 Å². The summed E-state index contributed by atoms with van der Waals surface area (Å²) < 4.78 is 11.4. The highest BCUT2D eigenvalue weighted by Crippen LogP contribution is 2.31. The molecule has 1 saturated heterocycles. The van der Waals surface area contributed by atoms with Crippen LogP contribution in [0.1, 0.15) is 35.1 Å². The van der Waals surface area contributed by atoms with Crippen LogP contribution >= 0.6 is 0 Å². The van der Waals surface area contributed by atoms with Gasteiger partial charge in [0.1, 0.15) is 0 Å². The maximum atomic E-state index is 5.88. The average molecular weight is 292 g/mol. The molecule has 2 rings (SSSR count). The molecule has 0 aromatic heterocycles. The summed E-state index contributed by atoms with van der Waals surface area (Å²) in [4.78, 5) is 0. The van der Waals surface area contributed by atoms with Gasteiger partial charge in [-0.3, -0.25) is 11.3 Å². The molecule has 1 aliphatic heterocycles. The maximum absolute atomic E-state index is 5.88. The van der Waals surface area contributed by atoms with Crippen molar-refractivity contribution in [3.05, 3.63) is 34.4 Å². The molecule has 1 fully saturated rings. The number of benzene rings is 1. The zero-order valence-corrected chi connectivity index (χ0v) is 13.7. The third kappa shape index (κ3) is 3.46. The predicted octanol–water partition coefficient (Wildman–Crippen LogP) is 2.18. The molecule has 0 spiro atoms. The van der Waals surface area contributed by atoms with Gasteiger partial charge < -0.3 is 9.47 Å². The number of hydrogen-bond donors (Lipinski definition) is 2. The molecule has 1 aliphatic rings. The molecule has 3 N–H and O–H groups in total. The minimum absolute atomic E-state index is 0.0894. The van der Waals surface area contributed by atoms with Crippen LogP contribution in [-0.2, 0) is 15.9 Å². The van der Waals surface area contributed by atoms with E-state index in [0.29, 0.717) is 0 Å². The lowest BCUT2D eigenvalue weighted by Crippen LogP contribution is -2.58. The third-order valence-corrected chi connectivity index (χ3v) is 4.83. The number of nitrogens with one attached hydrogen (secondary N) is 1. The quantitative estimate of drug-likeness (QED) is 0.645. The molecule has 0 bridgehead atoms. The summed E-state index contributed by atoms with van der Waals surface area (Å²) in [7, 11) is 1.78. The van der Waals surface area contributed by atoms with E-state index in [1.165, 1.54) is 22.3 Å². The number of ether oxygens (including phenoxy) is 2. The van der Waals surface area contributed by atoms with Crippen molar-refractivity contribution in [2.24, 2.45) is 5.84 Å². The van der Waals surface area contributed by atoms with Gasteiger partial charge in [-0.2, -0.15) is 0 Å².